The number of para-hydroxylation sites is 2. The molecule has 0 saturated heterocycles. The zero-order valence-corrected chi connectivity index (χ0v) is 17.4. The van der Waals surface area contributed by atoms with Crippen molar-refractivity contribution in [3.8, 4) is 23.0 Å². The first kappa shape index (κ1) is 21.8. The third kappa shape index (κ3) is 7.46. The fraction of sp³-hybridized carbons (Fsp3) is 0.0741. The summed E-state index contributed by atoms with van der Waals surface area (Å²) in [5, 5.41) is 3.11. The second-order valence-corrected chi connectivity index (χ2v) is 6.69. The number of carbonyl (C=O) groups excluding carboxylic acids is 1. The second-order valence-electron chi connectivity index (χ2n) is 6.69. The van der Waals surface area contributed by atoms with Crippen LogP contribution in [0.15, 0.2) is 109 Å². The van der Waals surface area contributed by atoms with E-state index in [-0.39, 0.29) is 0 Å². The molecule has 4 aromatic carbocycles. The molecule has 0 fully saturated rings. The first-order chi connectivity index (χ1) is 15.3. The zero-order valence-electron chi connectivity index (χ0n) is 17.4. The first-order valence-electron chi connectivity index (χ1n) is 10.0. The summed E-state index contributed by atoms with van der Waals surface area (Å²) in [5.41, 5.74) is 1.90. The fourth-order valence-electron chi connectivity index (χ4n) is 2.74. The molecule has 0 heterocycles. The summed E-state index contributed by atoms with van der Waals surface area (Å²) in [6, 6.07) is 34.4. The molecule has 4 heteroatoms. The van der Waals surface area contributed by atoms with Crippen LogP contribution < -0.4 is 14.8 Å². The van der Waals surface area contributed by atoms with Crippen molar-refractivity contribution >= 4 is 6.29 Å². The summed E-state index contributed by atoms with van der Waals surface area (Å²) in [5.74, 6) is 3.25. The minimum Gasteiger partial charge on any atom is -0.457 e. The molecule has 4 rings (SSSR count). The van der Waals surface area contributed by atoms with Gasteiger partial charge < -0.3 is 14.8 Å². The van der Waals surface area contributed by atoms with Gasteiger partial charge in [-0.25, -0.2) is 0 Å². The van der Waals surface area contributed by atoms with Crippen molar-refractivity contribution in [1.29, 1.82) is 0 Å². The smallest absolute Gasteiger partial charge is 0.150 e. The highest BCUT2D eigenvalue weighted by atomic mass is 16.5. The van der Waals surface area contributed by atoms with Crippen LogP contribution in [0, 0.1) is 0 Å². The SMILES string of the molecule is CNCc1ccc(Oc2ccccc2)cc1.O=Cc1ccc(Oc2ccccc2)cc1. The highest BCUT2D eigenvalue weighted by Crippen LogP contribution is 2.21. The van der Waals surface area contributed by atoms with Crippen molar-refractivity contribution in [2.75, 3.05) is 7.05 Å². The van der Waals surface area contributed by atoms with Crippen LogP contribution in [0.2, 0.25) is 0 Å². The van der Waals surface area contributed by atoms with Crippen LogP contribution in [-0.4, -0.2) is 13.3 Å². The van der Waals surface area contributed by atoms with Crippen LogP contribution in [0.1, 0.15) is 15.9 Å². The predicted octanol–water partition coefficient (Wildman–Crippen LogP) is 6.49. The minimum absolute atomic E-state index is 0.649. The Morgan fingerprint density at radius 1 is 0.613 bits per heavy atom. The highest BCUT2D eigenvalue weighted by Gasteiger charge is 1.97. The molecule has 0 aliphatic carbocycles. The molecule has 31 heavy (non-hydrogen) atoms. The number of nitrogens with one attached hydrogen (secondary N) is 1. The van der Waals surface area contributed by atoms with Crippen molar-refractivity contribution in [3.63, 3.8) is 0 Å². The third-order valence-corrected chi connectivity index (χ3v) is 4.28. The number of hydrogen-bond acceptors (Lipinski definition) is 4. The topological polar surface area (TPSA) is 47.6 Å². The zero-order chi connectivity index (χ0) is 21.7. The second kappa shape index (κ2) is 12.0. The van der Waals surface area contributed by atoms with Crippen molar-refractivity contribution in [2.45, 2.75) is 6.54 Å². The van der Waals surface area contributed by atoms with Crippen LogP contribution in [0.25, 0.3) is 0 Å². The summed E-state index contributed by atoms with van der Waals surface area (Å²) < 4.78 is 11.3. The molecule has 4 aromatic rings. The van der Waals surface area contributed by atoms with Gasteiger partial charge in [-0.2, -0.15) is 0 Å². The van der Waals surface area contributed by atoms with E-state index in [0.717, 1.165) is 35.8 Å². The van der Waals surface area contributed by atoms with E-state index in [4.69, 9.17) is 9.47 Å². The Bertz CT molecular complexity index is 1030. The third-order valence-electron chi connectivity index (χ3n) is 4.28. The Labute approximate surface area is 183 Å². The molecule has 0 saturated carbocycles. The van der Waals surface area contributed by atoms with Gasteiger partial charge in [-0.3, -0.25) is 4.79 Å². The van der Waals surface area contributed by atoms with E-state index in [0.29, 0.717) is 5.56 Å². The standard InChI is InChI=1S/C14H15NO.C13H10O2/c1-15-11-12-7-9-14(10-8-12)16-13-5-3-2-4-6-13;14-10-11-6-8-13(9-7-11)15-12-4-2-1-3-5-12/h2-10,15H,11H2,1H3;1-10H. The van der Waals surface area contributed by atoms with Crippen molar-refractivity contribution < 1.29 is 14.3 Å². The van der Waals surface area contributed by atoms with E-state index in [1.165, 1.54) is 5.56 Å². The quantitative estimate of drug-likeness (QED) is 0.353. The highest BCUT2D eigenvalue weighted by molar-refractivity contribution is 5.74. The molecule has 0 unspecified atom stereocenters. The maximum absolute atomic E-state index is 10.4. The summed E-state index contributed by atoms with van der Waals surface area (Å²) >= 11 is 0. The van der Waals surface area contributed by atoms with Crippen LogP contribution in [0.4, 0.5) is 0 Å². The number of aldehydes is 1. The van der Waals surface area contributed by atoms with Gasteiger partial charge in [0.1, 0.15) is 29.3 Å². The number of carbonyl (C=O) groups is 1. The van der Waals surface area contributed by atoms with E-state index in [1.54, 1.807) is 24.3 Å². The molecule has 0 aliphatic heterocycles. The van der Waals surface area contributed by atoms with Gasteiger partial charge in [0.2, 0.25) is 0 Å². The van der Waals surface area contributed by atoms with E-state index in [1.807, 2.05) is 79.8 Å². The number of benzene rings is 4. The fourth-order valence-corrected chi connectivity index (χ4v) is 2.74. The number of ether oxygens (including phenoxy) is 2. The maximum atomic E-state index is 10.4. The molecule has 0 radical (unpaired) electrons. The van der Waals surface area contributed by atoms with Crippen LogP contribution in [0.3, 0.4) is 0 Å². The monoisotopic (exact) mass is 411 g/mol. The largest absolute Gasteiger partial charge is 0.457 e. The molecule has 0 spiro atoms. The Kier molecular flexibility index (Phi) is 8.41. The van der Waals surface area contributed by atoms with E-state index in [9.17, 15) is 4.79 Å². The maximum Gasteiger partial charge on any atom is 0.150 e. The Balaban J connectivity index is 0.000000176. The molecule has 0 aromatic heterocycles. The lowest BCUT2D eigenvalue weighted by Crippen LogP contribution is -2.04. The van der Waals surface area contributed by atoms with Crippen LogP contribution in [0.5, 0.6) is 23.0 Å². The lowest BCUT2D eigenvalue weighted by molar-refractivity contribution is 0.112. The van der Waals surface area contributed by atoms with Gasteiger partial charge in [0.05, 0.1) is 0 Å². The van der Waals surface area contributed by atoms with Crippen LogP contribution >= 0.6 is 0 Å². The number of hydrogen-bond donors (Lipinski definition) is 1. The molecular weight excluding hydrogens is 386 g/mol. The molecule has 1 N–H and O–H groups in total. The Hall–Kier alpha value is -3.89. The lowest BCUT2D eigenvalue weighted by Gasteiger charge is -2.06. The average Bonchev–Trinajstić information content (AvgIpc) is 2.83. The van der Waals surface area contributed by atoms with Gasteiger partial charge in [-0.1, -0.05) is 48.5 Å². The van der Waals surface area contributed by atoms with Gasteiger partial charge in [-0.05, 0) is 73.3 Å². The Morgan fingerprint density at radius 2 is 1.03 bits per heavy atom. The molecule has 0 atom stereocenters. The first-order valence-corrected chi connectivity index (χ1v) is 10.0. The summed E-state index contributed by atoms with van der Waals surface area (Å²) in [6.07, 6.45) is 0.812. The molecule has 0 amide bonds. The molecule has 0 bridgehead atoms. The average molecular weight is 412 g/mol. The van der Waals surface area contributed by atoms with Crippen molar-refractivity contribution in [3.05, 3.63) is 120 Å². The minimum atomic E-state index is 0.649. The van der Waals surface area contributed by atoms with E-state index >= 15 is 0 Å². The molecular formula is C27H25NO3. The lowest BCUT2D eigenvalue weighted by atomic mass is 10.2. The van der Waals surface area contributed by atoms with Crippen LogP contribution in [-0.2, 0) is 6.54 Å². The molecule has 4 nitrogen and oxygen atoms in total. The van der Waals surface area contributed by atoms with Crippen molar-refractivity contribution in [2.24, 2.45) is 0 Å². The number of rotatable bonds is 7. The summed E-state index contributed by atoms with van der Waals surface area (Å²) in [6.45, 7) is 0.881. The summed E-state index contributed by atoms with van der Waals surface area (Å²) in [7, 11) is 1.94. The molecule has 0 aliphatic rings. The van der Waals surface area contributed by atoms with Gasteiger partial charge in [0.25, 0.3) is 0 Å². The van der Waals surface area contributed by atoms with Crippen molar-refractivity contribution in [1.82, 2.24) is 5.32 Å². The molecule has 156 valence electrons. The van der Waals surface area contributed by atoms with Gasteiger partial charge in [0, 0.05) is 12.1 Å². The normalized spacial score (nSPS) is 9.84. The van der Waals surface area contributed by atoms with E-state index < -0.39 is 0 Å². The predicted molar refractivity (Wildman–Crippen MR) is 124 cm³/mol. The van der Waals surface area contributed by atoms with Gasteiger partial charge in [0.15, 0.2) is 0 Å². The summed E-state index contributed by atoms with van der Waals surface area (Å²) in [4.78, 5) is 10.4. The van der Waals surface area contributed by atoms with Gasteiger partial charge in [-0.15, -0.1) is 0 Å². The Morgan fingerprint density at radius 3 is 1.45 bits per heavy atom. The van der Waals surface area contributed by atoms with E-state index in [2.05, 4.69) is 17.4 Å². The van der Waals surface area contributed by atoms with Gasteiger partial charge >= 0.3 is 0 Å².